The number of nitrogens with one attached hydrogen (secondary N) is 3. The van der Waals surface area contributed by atoms with Crippen molar-refractivity contribution in [1.82, 2.24) is 15.3 Å². The van der Waals surface area contributed by atoms with Crippen LogP contribution in [0.3, 0.4) is 0 Å². The molecule has 5 nitrogen and oxygen atoms in total. The van der Waals surface area contributed by atoms with Crippen LogP contribution < -0.4 is 16.0 Å². The first-order valence-corrected chi connectivity index (χ1v) is 6.93. The molecule has 0 radical (unpaired) electrons. The number of piperidine rings is 1. The smallest absolute Gasteiger partial charge is 0.131 e. The highest BCUT2D eigenvalue weighted by Gasteiger charge is 2.21. The number of aromatic nitrogens is 2. The summed E-state index contributed by atoms with van der Waals surface area (Å²) in [5, 5.41) is 10.2. The number of hydrogen-bond donors (Lipinski definition) is 3. The van der Waals surface area contributed by atoms with Crippen molar-refractivity contribution in [3.05, 3.63) is 12.4 Å². The van der Waals surface area contributed by atoms with E-state index in [-0.39, 0.29) is 0 Å². The molecule has 1 aromatic rings. The molecule has 18 heavy (non-hydrogen) atoms. The maximum atomic E-state index is 4.27. The van der Waals surface area contributed by atoms with Gasteiger partial charge in [0.15, 0.2) is 0 Å². The van der Waals surface area contributed by atoms with Gasteiger partial charge in [0.05, 0.1) is 0 Å². The maximum absolute atomic E-state index is 4.27. The molecule has 1 atom stereocenters. The van der Waals surface area contributed by atoms with E-state index in [1.165, 1.54) is 32.2 Å². The minimum atomic E-state index is 0.635. The monoisotopic (exact) mass is 247 g/mol. The molecule has 1 aliphatic heterocycles. The van der Waals surface area contributed by atoms with Gasteiger partial charge in [0.1, 0.15) is 18.0 Å². The summed E-state index contributed by atoms with van der Waals surface area (Å²) in [5.74, 6) is 2.59. The Kier molecular flexibility index (Phi) is 3.59. The van der Waals surface area contributed by atoms with Gasteiger partial charge in [0.2, 0.25) is 0 Å². The van der Waals surface area contributed by atoms with E-state index in [9.17, 15) is 0 Å². The molecule has 1 saturated carbocycles. The largest absolute Gasteiger partial charge is 0.370 e. The Labute approximate surface area is 108 Å². The van der Waals surface area contributed by atoms with Gasteiger partial charge in [0.25, 0.3) is 0 Å². The van der Waals surface area contributed by atoms with Crippen LogP contribution in [-0.2, 0) is 0 Å². The molecule has 1 saturated heterocycles. The highest BCUT2D eigenvalue weighted by atomic mass is 15.1. The zero-order valence-corrected chi connectivity index (χ0v) is 10.7. The van der Waals surface area contributed by atoms with E-state index in [2.05, 4.69) is 25.9 Å². The minimum Gasteiger partial charge on any atom is -0.370 e. The molecule has 98 valence electrons. The topological polar surface area (TPSA) is 61.9 Å². The van der Waals surface area contributed by atoms with E-state index >= 15 is 0 Å². The first-order chi connectivity index (χ1) is 8.90. The minimum absolute atomic E-state index is 0.635. The standard InChI is InChI=1S/C13H21N5/c1-2-10(7-14-5-1)8-15-12-6-13(17-9-16-12)18-11-3-4-11/h6,9-11,14H,1-5,7-8H2,(H2,15,16,17,18)/t10-/m1/s1. The van der Waals surface area contributed by atoms with Gasteiger partial charge in [-0.3, -0.25) is 0 Å². The summed E-state index contributed by atoms with van der Waals surface area (Å²) in [5.41, 5.74) is 0. The van der Waals surface area contributed by atoms with Crippen LogP contribution in [0.1, 0.15) is 25.7 Å². The lowest BCUT2D eigenvalue weighted by Gasteiger charge is -2.23. The summed E-state index contributed by atoms with van der Waals surface area (Å²) in [7, 11) is 0. The first kappa shape index (κ1) is 11.7. The fourth-order valence-corrected chi connectivity index (χ4v) is 2.32. The summed E-state index contributed by atoms with van der Waals surface area (Å²) in [6.07, 6.45) is 6.75. The average Bonchev–Trinajstić information content (AvgIpc) is 3.22. The van der Waals surface area contributed by atoms with E-state index in [4.69, 9.17) is 0 Å². The molecule has 1 aromatic heterocycles. The first-order valence-electron chi connectivity index (χ1n) is 6.93. The molecule has 1 aliphatic carbocycles. The van der Waals surface area contributed by atoms with Crippen molar-refractivity contribution in [1.29, 1.82) is 0 Å². The summed E-state index contributed by atoms with van der Waals surface area (Å²) < 4.78 is 0. The van der Waals surface area contributed by atoms with Crippen molar-refractivity contribution < 1.29 is 0 Å². The van der Waals surface area contributed by atoms with Crippen LogP contribution in [0.15, 0.2) is 12.4 Å². The second kappa shape index (κ2) is 5.52. The molecule has 5 heteroatoms. The highest BCUT2D eigenvalue weighted by molar-refractivity contribution is 5.47. The van der Waals surface area contributed by atoms with Gasteiger partial charge in [-0.25, -0.2) is 9.97 Å². The summed E-state index contributed by atoms with van der Waals surface area (Å²) in [6.45, 7) is 3.28. The van der Waals surface area contributed by atoms with E-state index in [0.29, 0.717) is 12.0 Å². The molecule has 2 fully saturated rings. The second-order valence-electron chi connectivity index (χ2n) is 5.30. The summed E-state index contributed by atoms with van der Waals surface area (Å²) >= 11 is 0. The Hall–Kier alpha value is -1.36. The lowest BCUT2D eigenvalue weighted by molar-refractivity contribution is 0.392. The number of anilines is 2. The van der Waals surface area contributed by atoms with Gasteiger partial charge in [-0.05, 0) is 44.7 Å². The zero-order chi connectivity index (χ0) is 12.2. The summed E-state index contributed by atoms with van der Waals surface area (Å²) in [6, 6.07) is 2.64. The molecule has 0 bridgehead atoms. The van der Waals surface area contributed by atoms with Gasteiger partial charge < -0.3 is 16.0 Å². The van der Waals surface area contributed by atoms with Crippen molar-refractivity contribution in [2.75, 3.05) is 30.3 Å². The van der Waals surface area contributed by atoms with Crippen molar-refractivity contribution in [2.24, 2.45) is 5.92 Å². The van der Waals surface area contributed by atoms with Crippen LogP contribution in [0.25, 0.3) is 0 Å². The van der Waals surface area contributed by atoms with Gasteiger partial charge in [-0.2, -0.15) is 0 Å². The van der Waals surface area contributed by atoms with Gasteiger partial charge in [-0.1, -0.05) is 0 Å². The molecule has 0 aromatic carbocycles. The Morgan fingerprint density at radius 3 is 2.89 bits per heavy atom. The fraction of sp³-hybridized carbons (Fsp3) is 0.692. The van der Waals surface area contributed by atoms with E-state index in [0.717, 1.165) is 24.7 Å². The molecule has 0 unspecified atom stereocenters. The normalized spacial score (nSPS) is 23.7. The van der Waals surface area contributed by atoms with Crippen molar-refractivity contribution in [3.63, 3.8) is 0 Å². The molecule has 0 amide bonds. The molecule has 2 heterocycles. The molecular formula is C13H21N5. The van der Waals surface area contributed by atoms with Gasteiger partial charge in [0, 0.05) is 18.7 Å². The van der Waals surface area contributed by atoms with Crippen LogP contribution >= 0.6 is 0 Å². The fourth-order valence-electron chi connectivity index (χ4n) is 2.32. The molecule has 0 spiro atoms. The number of hydrogen-bond acceptors (Lipinski definition) is 5. The maximum Gasteiger partial charge on any atom is 0.131 e. The van der Waals surface area contributed by atoms with Crippen molar-refractivity contribution >= 4 is 11.6 Å². The summed E-state index contributed by atoms with van der Waals surface area (Å²) in [4.78, 5) is 8.51. The van der Waals surface area contributed by atoms with Gasteiger partial charge in [-0.15, -0.1) is 0 Å². The Morgan fingerprint density at radius 1 is 1.22 bits per heavy atom. The third-order valence-electron chi connectivity index (χ3n) is 3.57. The lowest BCUT2D eigenvalue weighted by Crippen LogP contribution is -2.33. The molecule has 2 aliphatic rings. The van der Waals surface area contributed by atoms with E-state index in [1.807, 2.05) is 6.07 Å². The third-order valence-corrected chi connectivity index (χ3v) is 3.57. The highest BCUT2D eigenvalue weighted by Crippen LogP contribution is 2.24. The van der Waals surface area contributed by atoms with E-state index < -0.39 is 0 Å². The van der Waals surface area contributed by atoms with Crippen LogP contribution in [0.2, 0.25) is 0 Å². The van der Waals surface area contributed by atoms with Crippen LogP contribution in [0.5, 0.6) is 0 Å². The van der Waals surface area contributed by atoms with Crippen LogP contribution in [-0.4, -0.2) is 35.6 Å². The van der Waals surface area contributed by atoms with Crippen LogP contribution in [0.4, 0.5) is 11.6 Å². The quantitative estimate of drug-likeness (QED) is 0.735. The predicted octanol–water partition coefficient (Wildman–Crippen LogP) is 1.46. The predicted molar refractivity (Wildman–Crippen MR) is 72.8 cm³/mol. The SMILES string of the molecule is c1nc(NC[C@@H]2CCCNC2)cc(NC2CC2)n1. The Bertz CT molecular complexity index is 385. The lowest BCUT2D eigenvalue weighted by atomic mass is 10.00. The number of rotatable bonds is 5. The van der Waals surface area contributed by atoms with Crippen molar-refractivity contribution in [3.8, 4) is 0 Å². The Balaban J connectivity index is 1.51. The zero-order valence-electron chi connectivity index (χ0n) is 10.7. The molecule has 3 rings (SSSR count). The third kappa shape index (κ3) is 3.32. The second-order valence-corrected chi connectivity index (χ2v) is 5.30. The molecular weight excluding hydrogens is 226 g/mol. The average molecular weight is 247 g/mol. The van der Waals surface area contributed by atoms with Crippen molar-refractivity contribution in [2.45, 2.75) is 31.7 Å². The number of nitrogens with zero attached hydrogens (tertiary/aromatic N) is 2. The van der Waals surface area contributed by atoms with Crippen LogP contribution in [0, 0.1) is 5.92 Å². The van der Waals surface area contributed by atoms with E-state index in [1.54, 1.807) is 6.33 Å². The molecule has 3 N–H and O–H groups in total. The van der Waals surface area contributed by atoms with Gasteiger partial charge >= 0.3 is 0 Å². The Morgan fingerprint density at radius 2 is 2.11 bits per heavy atom.